The molecule has 0 saturated heterocycles. The van der Waals surface area contributed by atoms with Gasteiger partial charge >= 0.3 is 0 Å². The van der Waals surface area contributed by atoms with Crippen LogP contribution in [0.1, 0.15) is 15.9 Å². The fraction of sp³-hybridized carbons (Fsp3) is 0.100. The van der Waals surface area contributed by atoms with Gasteiger partial charge in [-0.1, -0.05) is 23.2 Å². The van der Waals surface area contributed by atoms with Gasteiger partial charge in [0.05, 0.1) is 16.0 Å². The van der Waals surface area contributed by atoms with Crippen LogP contribution >= 0.6 is 34.8 Å². The minimum absolute atomic E-state index is 0.0794. The number of nitro benzene ring substituents is 1. The van der Waals surface area contributed by atoms with Gasteiger partial charge in [-0.2, -0.15) is 0 Å². The van der Waals surface area contributed by atoms with E-state index >= 15 is 0 Å². The van der Waals surface area contributed by atoms with E-state index in [4.69, 9.17) is 34.8 Å². The Hall–Kier alpha value is -1.50. The van der Waals surface area contributed by atoms with Gasteiger partial charge in [0.1, 0.15) is 5.52 Å². The number of hydrogen-bond donors (Lipinski definition) is 0. The first-order valence-corrected chi connectivity index (χ1v) is 5.97. The number of aromatic nitrogens is 2. The second kappa shape index (κ2) is 4.88. The zero-order valence-corrected chi connectivity index (χ0v) is 11.5. The van der Waals surface area contributed by atoms with Gasteiger partial charge in [0.15, 0.2) is 10.3 Å². The summed E-state index contributed by atoms with van der Waals surface area (Å²) in [6.45, 7) is 1.40. The van der Waals surface area contributed by atoms with Gasteiger partial charge in [-0.15, -0.1) is 0 Å². The minimum Gasteiger partial charge on any atom is -0.276 e. The van der Waals surface area contributed by atoms with Crippen molar-refractivity contribution in [1.82, 2.24) is 9.97 Å². The van der Waals surface area contributed by atoms with E-state index in [0.29, 0.717) is 0 Å². The number of benzene rings is 1. The monoisotopic (exact) mass is 319 g/mol. The maximum atomic E-state index is 11.5. The highest BCUT2D eigenvalue weighted by Crippen LogP contribution is 2.31. The lowest BCUT2D eigenvalue weighted by molar-refractivity contribution is -0.385. The van der Waals surface area contributed by atoms with Crippen molar-refractivity contribution >= 4 is 56.8 Å². The van der Waals surface area contributed by atoms with Gasteiger partial charge in [0.25, 0.3) is 10.9 Å². The molecular formula is C10H4Cl3N3O3. The molecule has 0 N–H and O–H groups in total. The van der Waals surface area contributed by atoms with E-state index in [2.05, 4.69) is 9.97 Å². The molecule has 0 spiro atoms. The Kier molecular flexibility index (Phi) is 3.58. The van der Waals surface area contributed by atoms with E-state index in [-0.39, 0.29) is 38.2 Å². The molecule has 0 saturated carbocycles. The van der Waals surface area contributed by atoms with Crippen LogP contribution in [0.15, 0.2) is 6.07 Å². The minimum atomic E-state index is -0.876. The van der Waals surface area contributed by atoms with Crippen molar-refractivity contribution in [2.75, 3.05) is 0 Å². The predicted molar refractivity (Wildman–Crippen MR) is 71.1 cm³/mol. The topological polar surface area (TPSA) is 86.0 Å². The van der Waals surface area contributed by atoms with Gasteiger partial charge in [0.2, 0.25) is 0 Å². The van der Waals surface area contributed by atoms with Crippen LogP contribution in [-0.2, 0) is 0 Å². The Morgan fingerprint density at radius 1 is 1.32 bits per heavy atom. The summed E-state index contributed by atoms with van der Waals surface area (Å²) in [5, 5.41) is 9.84. The predicted octanol–water partition coefficient (Wildman–Crippen LogP) is 3.53. The van der Waals surface area contributed by atoms with Crippen LogP contribution in [0.3, 0.4) is 0 Å². The zero-order chi connectivity index (χ0) is 14.3. The number of nitro groups is 1. The third kappa shape index (κ3) is 2.34. The summed E-state index contributed by atoms with van der Waals surface area (Å²) < 4.78 is 0. The van der Waals surface area contributed by atoms with Gasteiger partial charge in [-0.05, 0) is 18.5 Å². The molecule has 2 aromatic rings. The van der Waals surface area contributed by atoms with Crippen molar-refractivity contribution < 1.29 is 9.72 Å². The van der Waals surface area contributed by atoms with E-state index in [0.717, 1.165) is 0 Å². The molecule has 0 aliphatic heterocycles. The smallest absolute Gasteiger partial charge is 0.275 e. The number of hydrogen-bond acceptors (Lipinski definition) is 5. The van der Waals surface area contributed by atoms with Crippen LogP contribution < -0.4 is 0 Å². The third-order valence-electron chi connectivity index (χ3n) is 2.50. The molecule has 98 valence electrons. The Morgan fingerprint density at radius 2 is 1.89 bits per heavy atom. The molecular weight excluding hydrogens is 316 g/mol. The number of fused-ring (bicyclic) bond motifs is 1. The molecule has 6 nitrogen and oxygen atoms in total. The van der Waals surface area contributed by atoms with Gasteiger partial charge in [-0.3, -0.25) is 14.9 Å². The first-order valence-electron chi connectivity index (χ1n) is 4.83. The van der Waals surface area contributed by atoms with Crippen molar-refractivity contribution in [2.45, 2.75) is 6.92 Å². The zero-order valence-electron chi connectivity index (χ0n) is 9.28. The summed E-state index contributed by atoms with van der Waals surface area (Å²) in [6.07, 6.45) is 0. The van der Waals surface area contributed by atoms with E-state index < -0.39 is 10.2 Å². The van der Waals surface area contributed by atoms with Crippen molar-refractivity contribution in [3.8, 4) is 0 Å². The summed E-state index contributed by atoms with van der Waals surface area (Å²) in [4.78, 5) is 29.5. The summed E-state index contributed by atoms with van der Waals surface area (Å²) in [5.74, 6) is 0. The highest BCUT2D eigenvalue weighted by atomic mass is 35.5. The number of nitrogens with zero attached hydrogens (tertiary/aromatic N) is 3. The molecule has 1 aromatic heterocycles. The summed E-state index contributed by atoms with van der Waals surface area (Å²) >= 11 is 16.9. The fourth-order valence-corrected chi connectivity index (χ4v) is 2.16. The maximum absolute atomic E-state index is 11.5. The Labute approximate surface area is 121 Å². The summed E-state index contributed by atoms with van der Waals surface area (Å²) in [7, 11) is 0. The average Bonchev–Trinajstić information content (AvgIpc) is 2.29. The second-order valence-electron chi connectivity index (χ2n) is 3.60. The van der Waals surface area contributed by atoms with E-state index in [1.54, 1.807) is 0 Å². The molecule has 2 rings (SSSR count). The largest absolute Gasteiger partial charge is 0.276 e. The number of carbonyl (C=O) groups excluding carboxylic acids is 1. The first kappa shape index (κ1) is 13.9. The van der Waals surface area contributed by atoms with E-state index in [1.807, 2.05) is 0 Å². The van der Waals surface area contributed by atoms with Gasteiger partial charge in [0, 0.05) is 11.6 Å². The molecule has 19 heavy (non-hydrogen) atoms. The highest BCUT2D eigenvalue weighted by Gasteiger charge is 2.23. The van der Waals surface area contributed by atoms with Crippen LogP contribution in [0.5, 0.6) is 0 Å². The van der Waals surface area contributed by atoms with Crippen LogP contribution in [-0.4, -0.2) is 20.1 Å². The molecule has 0 radical (unpaired) electrons. The lowest BCUT2D eigenvalue weighted by Crippen LogP contribution is -2.03. The Morgan fingerprint density at radius 3 is 2.42 bits per heavy atom. The molecule has 9 heteroatoms. The van der Waals surface area contributed by atoms with Gasteiger partial charge in [-0.25, -0.2) is 9.97 Å². The van der Waals surface area contributed by atoms with Crippen LogP contribution in [0.25, 0.3) is 11.0 Å². The average molecular weight is 321 g/mol. The molecule has 0 fully saturated rings. The highest BCUT2D eigenvalue weighted by molar-refractivity contribution is 6.68. The quantitative estimate of drug-likeness (QED) is 0.480. The summed E-state index contributed by atoms with van der Waals surface area (Å²) in [5.41, 5.74) is -0.125. The number of halogens is 3. The number of carbonyl (C=O) groups is 1. The standard InChI is InChI=1S/C10H4Cl3N3O3/c1-3-5(16(18)19)2-4-7(6(3)10(13)17)15-9(12)8(11)14-4/h2H,1H3. The molecule has 1 heterocycles. The Bertz CT molecular complexity index is 733. The molecule has 0 amide bonds. The molecule has 0 bridgehead atoms. The SMILES string of the molecule is Cc1c([N+](=O)[O-])cc2nc(Cl)c(Cl)nc2c1C(=O)Cl. The first-order chi connectivity index (χ1) is 8.82. The van der Waals surface area contributed by atoms with Crippen LogP contribution in [0.2, 0.25) is 10.3 Å². The van der Waals surface area contributed by atoms with Crippen molar-refractivity contribution in [3.63, 3.8) is 0 Å². The van der Waals surface area contributed by atoms with E-state index in [1.165, 1.54) is 13.0 Å². The maximum Gasteiger partial charge on any atom is 0.275 e. The summed E-state index contributed by atoms with van der Waals surface area (Å²) in [6, 6.07) is 1.17. The van der Waals surface area contributed by atoms with Gasteiger partial charge < -0.3 is 0 Å². The van der Waals surface area contributed by atoms with E-state index in [9.17, 15) is 14.9 Å². The lowest BCUT2D eigenvalue weighted by Gasteiger charge is -2.07. The van der Waals surface area contributed by atoms with Crippen LogP contribution in [0, 0.1) is 17.0 Å². The second-order valence-corrected chi connectivity index (χ2v) is 4.66. The van der Waals surface area contributed by atoms with Crippen molar-refractivity contribution in [1.29, 1.82) is 0 Å². The molecule has 0 aliphatic carbocycles. The van der Waals surface area contributed by atoms with Crippen molar-refractivity contribution in [2.24, 2.45) is 0 Å². The fourth-order valence-electron chi connectivity index (χ4n) is 1.66. The molecule has 0 atom stereocenters. The third-order valence-corrected chi connectivity index (χ3v) is 3.32. The van der Waals surface area contributed by atoms with Crippen molar-refractivity contribution in [3.05, 3.63) is 37.6 Å². The normalized spacial score (nSPS) is 10.7. The lowest BCUT2D eigenvalue weighted by atomic mass is 10.1. The van der Waals surface area contributed by atoms with Crippen LogP contribution in [0.4, 0.5) is 5.69 Å². The molecule has 0 unspecified atom stereocenters. The molecule has 1 aromatic carbocycles. The Balaban J connectivity index is 3.00. The number of rotatable bonds is 2. The molecule has 0 aliphatic rings.